The van der Waals surface area contributed by atoms with Crippen LogP contribution in [0.1, 0.15) is 35.0 Å². The van der Waals surface area contributed by atoms with Crippen LogP contribution in [0.25, 0.3) is 10.9 Å². The zero-order valence-electron chi connectivity index (χ0n) is 11.2. The molecule has 0 radical (unpaired) electrons. The number of aryl methyl sites for hydroxylation is 1. The van der Waals surface area contributed by atoms with E-state index >= 15 is 0 Å². The standard InChI is InChI=1S/C15H15N3OS/c1-9-4-12-11(6-16-18-12)5-14(9)19-7-15-17-13(8-20-15)10-2-3-10/h4-6,8,10H,2-3,7H2,1H3,(H,16,18). The lowest BCUT2D eigenvalue weighted by molar-refractivity contribution is 0.303. The molecule has 3 aromatic rings. The number of aromatic amines is 1. The molecule has 1 N–H and O–H groups in total. The summed E-state index contributed by atoms with van der Waals surface area (Å²) < 4.78 is 5.92. The van der Waals surface area contributed by atoms with Crippen LogP contribution < -0.4 is 4.74 Å². The van der Waals surface area contributed by atoms with Crippen LogP contribution in [0.3, 0.4) is 0 Å². The lowest BCUT2D eigenvalue weighted by atomic mass is 10.1. The maximum atomic E-state index is 5.92. The SMILES string of the molecule is Cc1cc2[nH]ncc2cc1OCc1nc(C2CC2)cs1. The molecule has 0 bridgehead atoms. The Hall–Kier alpha value is -1.88. The van der Waals surface area contributed by atoms with Crippen LogP contribution in [0.15, 0.2) is 23.7 Å². The summed E-state index contributed by atoms with van der Waals surface area (Å²) in [7, 11) is 0. The number of thiazole rings is 1. The van der Waals surface area contributed by atoms with E-state index in [1.807, 2.05) is 19.2 Å². The van der Waals surface area contributed by atoms with Gasteiger partial charge in [-0.2, -0.15) is 5.10 Å². The molecule has 0 aliphatic heterocycles. The number of hydrogen-bond donors (Lipinski definition) is 1. The van der Waals surface area contributed by atoms with Crippen molar-refractivity contribution < 1.29 is 4.74 Å². The molecular weight excluding hydrogens is 270 g/mol. The van der Waals surface area contributed by atoms with Crippen LogP contribution in [-0.4, -0.2) is 15.2 Å². The third-order valence-electron chi connectivity index (χ3n) is 3.65. The molecular formula is C15H15N3OS. The summed E-state index contributed by atoms with van der Waals surface area (Å²) in [6, 6.07) is 4.10. The van der Waals surface area contributed by atoms with Crippen molar-refractivity contribution in [2.75, 3.05) is 0 Å². The summed E-state index contributed by atoms with van der Waals surface area (Å²) in [5.74, 6) is 1.62. The van der Waals surface area contributed by atoms with Crippen LogP contribution in [0.5, 0.6) is 5.75 Å². The Bertz CT molecular complexity index is 757. The molecule has 1 aromatic carbocycles. The maximum absolute atomic E-state index is 5.92. The first-order valence-electron chi connectivity index (χ1n) is 6.80. The van der Waals surface area contributed by atoms with Crippen molar-refractivity contribution >= 4 is 22.2 Å². The monoisotopic (exact) mass is 285 g/mol. The zero-order chi connectivity index (χ0) is 13.5. The number of fused-ring (bicyclic) bond motifs is 1. The number of nitrogens with zero attached hydrogens (tertiary/aromatic N) is 2. The highest BCUT2D eigenvalue weighted by Crippen LogP contribution is 2.40. The summed E-state index contributed by atoms with van der Waals surface area (Å²) in [6.45, 7) is 2.59. The fourth-order valence-electron chi connectivity index (χ4n) is 2.33. The van der Waals surface area contributed by atoms with Crippen LogP contribution >= 0.6 is 11.3 Å². The lowest BCUT2D eigenvalue weighted by Gasteiger charge is -2.07. The normalized spacial score (nSPS) is 14.8. The number of nitrogens with one attached hydrogen (secondary N) is 1. The second-order valence-electron chi connectivity index (χ2n) is 5.30. The maximum Gasteiger partial charge on any atom is 0.140 e. The van der Waals surface area contributed by atoms with E-state index in [0.29, 0.717) is 12.5 Å². The smallest absolute Gasteiger partial charge is 0.140 e. The van der Waals surface area contributed by atoms with Gasteiger partial charge in [-0.3, -0.25) is 5.10 Å². The minimum absolute atomic E-state index is 0.543. The number of H-pyrrole nitrogens is 1. The van der Waals surface area contributed by atoms with Crippen LogP contribution in [0.4, 0.5) is 0 Å². The molecule has 20 heavy (non-hydrogen) atoms. The Balaban J connectivity index is 1.52. The van der Waals surface area contributed by atoms with Crippen molar-refractivity contribution in [3.8, 4) is 5.75 Å². The van der Waals surface area contributed by atoms with Gasteiger partial charge in [-0.15, -0.1) is 11.3 Å². The lowest BCUT2D eigenvalue weighted by Crippen LogP contribution is -1.97. The number of aromatic nitrogens is 3. The van der Waals surface area contributed by atoms with Crippen molar-refractivity contribution in [1.29, 1.82) is 0 Å². The zero-order valence-corrected chi connectivity index (χ0v) is 12.0. The second kappa shape index (κ2) is 4.59. The van der Waals surface area contributed by atoms with E-state index in [-0.39, 0.29) is 0 Å². The van der Waals surface area contributed by atoms with Gasteiger partial charge in [0.05, 0.1) is 17.4 Å². The van der Waals surface area contributed by atoms with Crippen LogP contribution in [0.2, 0.25) is 0 Å². The van der Waals surface area contributed by atoms with Gasteiger partial charge in [-0.1, -0.05) is 0 Å². The molecule has 0 unspecified atom stereocenters. The molecule has 1 aliphatic carbocycles. The summed E-state index contributed by atoms with van der Waals surface area (Å²) in [5, 5.41) is 11.3. The third-order valence-corrected chi connectivity index (χ3v) is 4.49. The molecule has 1 aliphatic rings. The molecule has 0 spiro atoms. The Morgan fingerprint density at radius 1 is 1.40 bits per heavy atom. The summed E-state index contributed by atoms with van der Waals surface area (Å²) in [4.78, 5) is 4.64. The fraction of sp³-hybridized carbons (Fsp3) is 0.333. The average molecular weight is 285 g/mol. The Labute approximate surface area is 120 Å². The highest BCUT2D eigenvalue weighted by molar-refractivity contribution is 7.09. The summed E-state index contributed by atoms with van der Waals surface area (Å²) >= 11 is 1.69. The van der Waals surface area contributed by atoms with Gasteiger partial charge < -0.3 is 4.74 Å². The largest absolute Gasteiger partial charge is 0.486 e. The molecule has 5 heteroatoms. The van der Waals surface area contributed by atoms with Crippen molar-refractivity contribution in [2.24, 2.45) is 0 Å². The van der Waals surface area contributed by atoms with Crippen molar-refractivity contribution in [2.45, 2.75) is 32.3 Å². The van der Waals surface area contributed by atoms with E-state index in [9.17, 15) is 0 Å². The molecule has 2 aromatic heterocycles. The molecule has 1 fully saturated rings. The summed E-state index contributed by atoms with van der Waals surface area (Å²) in [6.07, 6.45) is 4.40. The topological polar surface area (TPSA) is 50.8 Å². The Morgan fingerprint density at radius 3 is 3.15 bits per heavy atom. The highest BCUT2D eigenvalue weighted by Gasteiger charge is 2.26. The van der Waals surface area contributed by atoms with Gasteiger partial charge >= 0.3 is 0 Å². The molecule has 1 saturated carbocycles. The van der Waals surface area contributed by atoms with Gasteiger partial charge in [-0.25, -0.2) is 4.98 Å². The van der Waals surface area contributed by atoms with E-state index in [1.54, 1.807) is 11.3 Å². The molecule has 4 rings (SSSR count). The van der Waals surface area contributed by atoms with E-state index in [2.05, 4.69) is 26.6 Å². The fourth-order valence-corrected chi connectivity index (χ4v) is 3.12. The third kappa shape index (κ3) is 2.18. The first kappa shape index (κ1) is 11.9. The van der Waals surface area contributed by atoms with Gasteiger partial charge in [-0.05, 0) is 37.5 Å². The minimum Gasteiger partial charge on any atom is -0.486 e. The van der Waals surface area contributed by atoms with Gasteiger partial charge in [0.15, 0.2) is 0 Å². The Morgan fingerprint density at radius 2 is 2.30 bits per heavy atom. The molecule has 4 nitrogen and oxygen atoms in total. The van der Waals surface area contributed by atoms with E-state index < -0.39 is 0 Å². The van der Waals surface area contributed by atoms with Crippen LogP contribution in [0, 0.1) is 6.92 Å². The quantitative estimate of drug-likeness (QED) is 0.793. The number of rotatable bonds is 4. The first-order chi connectivity index (χ1) is 9.79. The van der Waals surface area contributed by atoms with Crippen molar-refractivity contribution in [3.05, 3.63) is 40.0 Å². The summed E-state index contributed by atoms with van der Waals surface area (Å²) in [5.41, 5.74) is 3.40. The molecule has 0 amide bonds. The molecule has 2 heterocycles. The number of ether oxygens (including phenoxy) is 1. The van der Waals surface area contributed by atoms with E-state index in [4.69, 9.17) is 4.74 Å². The number of benzene rings is 1. The van der Waals surface area contributed by atoms with Crippen molar-refractivity contribution in [3.63, 3.8) is 0 Å². The average Bonchev–Trinajstić information content (AvgIpc) is 3.02. The predicted octanol–water partition coefficient (Wildman–Crippen LogP) is 3.78. The molecule has 0 saturated heterocycles. The highest BCUT2D eigenvalue weighted by atomic mass is 32.1. The van der Waals surface area contributed by atoms with Gasteiger partial charge in [0, 0.05) is 16.7 Å². The number of hydrogen-bond acceptors (Lipinski definition) is 4. The minimum atomic E-state index is 0.543. The van der Waals surface area contributed by atoms with Gasteiger partial charge in [0.1, 0.15) is 17.4 Å². The van der Waals surface area contributed by atoms with Gasteiger partial charge in [0.2, 0.25) is 0 Å². The van der Waals surface area contributed by atoms with Gasteiger partial charge in [0.25, 0.3) is 0 Å². The second-order valence-corrected chi connectivity index (χ2v) is 6.25. The first-order valence-corrected chi connectivity index (χ1v) is 7.68. The molecule has 102 valence electrons. The van der Waals surface area contributed by atoms with Crippen LogP contribution in [-0.2, 0) is 6.61 Å². The molecule has 0 atom stereocenters. The van der Waals surface area contributed by atoms with E-state index in [0.717, 1.165) is 27.2 Å². The van der Waals surface area contributed by atoms with Crippen molar-refractivity contribution in [1.82, 2.24) is 15.2 Å². The Kier molecular flexibility index (Phi) is 2.73. The predicted molar refractivity (Wildman–Crippen MR) is 79.3 cm³/mol. The van der Waals surface area contributed by atoms with E-state index in [1.165, 1.54) is 18.5 Å².